The minimum absolute atomic E-state index is 0.0161. The van der Waals surface area contributed by atoms with E-state index in [1.54, 1.807) is 36.4 Å². The fourth-order valence-corrected chi connectivity index (χ4v) is 5.12. The number of hydrogen-bond acceptors (Lipinski definition) is 9. The van der Waals surface area contributed by atoms with Crippen molar-refractivity contribution >= 4 is 40.5 Å². The largest absolute Gasteiger partial charge is 0.478 e. The molecule has 0 aliphatic heterocycles. The molecule has 2 aromatic heterocycles. The van der Waals surface area contributed by atoms with E-state index in [0.29, 0.717) is 24.1 Å². The number of amides is 2. The summed E-state index contributed by atoms with van der Waals surface area (Å²) in [5, 5.41) is 20.2. The van der Waals surface area contributed by atoms with E-state index < -0.39 is 40.2 Å². The van der Waals surface area contributed by atoms with E-state index in [0.717, 1.165) is 17.2 Å². The first-order valence-corrected chi connectivity index (χ1v) is 13.1. The van der Waals surface area contributed by atoms with Crippen LogP contribution >= 0.6 is 0 Å². The number of nitrogens with two attached hydrogens (primary N) is 1. The minimum Gasteiger partial charge on any atom is -0.478 e. The van der Waals surface area contributed by atoms with Gasteiger partial charge < -0.3 is 26.8 Å². The van der Waals surface area contributed by atoms with Gasteiger partial charge in [-0.25, -0.2) is 14.3 Å². The summed E-state index contributed by atoms with van der Waals surface area (Å²) in [4.78, 5) is 77.2. The van der Waals surface area contributed by atoms with Crippen molar-refractivity contribution in [3.05, 3.63) is 119 Å². The number of nitrogens with zero attached hydrogens (tertiary/aromatic N) is 2. The monoisotopic (exact) mass is 581 g/mol. The van der Waals surface area contributed by atoms with Crippen molar-refractivity contribution in [2.45, 2.75) is 25.4 Å². The van der Waals surface area contributed by atoms with E-state index in [4.69, 9.17) is 5.73 Å². The number of carbonyl (C=O) groups excluding carboxylic acids is 2. The molecule has 14 heteroatoms. The van der Waals surface area contributed by atoms with Crippen molar-refractivity contribution in [2.24, 2.45) is 0 Å². The molecule has 216 valence electrons. The van der Waals surface area contributed by atoms with Gasteiger partial charge in [0.2, 0.25) is 0 Å². The van der Waals surface area contributed by atoms with E-state index in [9.17, 15) is 33.9 Å². The number of benzene rings is 2. The Kier molecular flexibility index (Phi) is 6.57. The molecule has 0 saturated heterocycles. The molecule has 2 heterocycles. The van der Waals surface area contributed by atoms with E-state index in [1.165, 1.54) is 16.6 Å². The zero-order valence-corrected chi connectivity index (χ0v) is 22.3. The molecule has 0 fully saturated rings. The maximum atomic E-state index is 13.4. The number of carbonyl (C=O) groups is 3. The highest BCUT2D eigenvalue weighted by Crippen LogP contribution is 2.32. The molecular formula is C29H23N7O7. The zero-order valence-electron chi connectivity index (χ0n) is 22.3. The molecule has 0 bridgehead atoms. The molecule has 3 aromatic carbocycles. The van der Waals surface area contributed by atoms with Gasteiger partial charge in [0.05, 0.1) is 11.6 Å². The zero-order chi connectivity index (χ0) is 30.4. The molecule has 14 nitrogen and oxygen atoms in total. The quantitative estimate of drug-likeness (QED) is 0.143. The van der Waals surface area contributed by atoms with Crippen molar-refractivity contribution < 1.29 is 19.5 Å². The topological polar surface area (TPSA) is 218 Å². The highest BCUT2D eigenvalue weighted by Gasteiger charge is 2.27. The maximum absolute atomic E-state index is 13.4. The fraction of sp³-hybridized carbons (Fsp3) is 0.138. The molecule has 0 unspecified atom stereocenters. The summed E-state index contributed by atoms with van der Waals surface area (Å²) in [5.41, 5.74) is 6.36. The maximum Gasteiger partial charge on any atom is 0.335 e. The second-order valence-corrected chi connectivity index (χ2v) is 10.1. The lowest BCUT2D eigenvalue weighted by molar-refractivity contribution is 0.0696. The molecule has 43 heavy (non-hydrogen) atoms. The highest BCUT2D eigenvalue weighted by atomic mass is 16.4. The van der Waals surface area contributed by atoms with Crippen LogP contribution in [0.3, 0.4) is 0 Å². The number of carboxylic acids is 1. The van der Waals surface area contributed by atoms with Gasteiger partial charge in [0.25, 0.3) is 28.2 Å². The van der Waals surface area contributed by atoms with Crippen molar-refractivity contribution in [1.29, 1.82) is 0 Å². The van der Waals surface area contributed by atoms with Crippen LogP contribution in [-0.4, -0.2) is 37.5 Å². The van der Waals surface area contributed by atoms with Gasteiger partial charge in [0, 0.05) is 24.4 Å². The Bertz CT molecular complexity index is 2100. The summed E-state index contributed by atoms with van der Waals surface area (Å²) >= 11 is 0. The van der Waals surface area contributed by atoms with Crippen LogP contribution in [0.4, 0.5) is 17.1 Å². The predicted molar refractivity (Wildman–Crippen MR) is 154 cm³/mol. The summed E-state index contributed by atoms with van der Waals surface area (Å²) in [6, 6.07) is 13.5. The number of H-pyrrole nitrogens is 1. The number of hydrogen-bond donors (Lipinski definition) is 6. The smallest absolute Gasteiger partial charge is 0.335 e. The number of aryl methyl sites for hydroxylation is 1. The van der Waals surface area contributed by atoms with E-state index in [2.05, 4.69) is 26.0 Å². The molecule has 0 spiro atoms. The van der Waals surface area contributed by atoms with Gasteiger partial charge in [-0.15, -0.1) is 0 Å². The van der Waals surface area contributed by atoms with Crippen molar-refractivity contribution in [3.8, 4) is 0 Å². The predicted octanol–water partition coefficient (Wildman–Crippen LogP) is 0.990. The molecule has 1 aliphatic rings. The van der Waals surface area contributed by atoms with Gasteiger partial charge in [-0.1, -0.05) is 18.2 Å². The fourth-order valence-electron chi connectivity index (χ4n) is 5.12. The Morgan fingerprint density at radius 2 is 1.84 bits per heavy atom. The first-order valence-electron chi connectivity index (χ1n) is 13.1. The van der Waals surface area contributed by atoms with Gasteiger partial charge >= 0.3 is 5.97 Å². The number of carboxylic acid groups (broad SMARTS) is 1. The summed E-state index contributed by atoms with van der Waals surface area (Å²) in [7, 11) is 0. The third kappa shape index (κ3) is 5.01. The Labute approximate surface area is 240 Å². The highest BCUT2D eigenvalue weighted by molar-refractivity contribution is 5.98. The molecule has 1 aliphatic carbocycles. The molecule has 6 rings (SSSR count). The van der Waals surface area contributed by atoms with Crippen LogP contribution in [0.1, 0.15) is 60.5 Å². The Morgan fingerprint density at radius 3 is 2.60 bits per heavy atom. The normalized spacial score (nSPS) is 14.0. The van der Waals surface area contributed by atoms with Crippen LogP contribution in [0.5, 0.6) is 0 Å². The molecule has 2 amide bonds. The number of nitrogens with one attached hydrogen (secondary N) is 4. The van der Waals surface area contributed by atoms with Crippen molar-refractivity contribution in [3.63, 3.8) is 0 Å². The summed E-state index contributed by atoms with van der Waals surface area (Å²) in [5.74, 6) is -2.21. The van der Waals surface area contributed by atoms with E-state index >= 15 is 0 Å². The van der Waals surface area contributed by atoms with Crippen molar-refractivity contribution in [1.82, 2.24) is 25.2 Å². The lowest BCUT2D eigenvalue weighted by Crippen LogP contribution is -2.36. The Balaban J connectivity index is 1.20. The van der Waals surface area contributed by atoms with Crippen LogP contribution in [-0.2, 0) is 13.0 Å². The Morgan fingerprint density at radius 1 is 1.02 bits per heavy atom. The number of rotatable bonds is 8. The summed E-state index contributed by atoms with van der Waals surface area (Å²) in [6.45, 7) is 0.0568. The number of aromatic nitrogens is 3. The Hall–Kier alpha value is -6.05. The number of aromatic carboxylic acids is 1. The molecule has 7 N–H and O–H groups in total. The lowest BCUT2D eigenvalue weighted by Gasteiger charge is -2.16. The summed E-state index contributed by atoms with van der Waals surface area (Å²) in [6.07, 6.45) is 1.13. The number of anilines is 3. The average molecular weight is 582 g/mol. The first kappa shape index (κ1) is 27.1. The third-order valence-corrected chi connectivity index (χ3v) is 7.30. The minimum atomic E-state index is -1.04. The van der Waals surface area contributed by atoms with Crippen LogP contribution in [0, 0.1) is 0 Å². The second-order valence-electron chi connectivity index (χ2n) is 10.1. The number of fused-ring (bicyclic) bond motifs is 2. The number of aromatic amines is 1. The number of nitrogen functional groups attached to an aromatic ring is 1. The van der Waals surface area contributed by atoms with Crippen LogP contribution in [0.25, 0.3) is 5.65 Å². The molecule has 0 radical (unpaired) electrons. The lowest BCUT2D eigenvalue weighted by atomic mass is 10.0. The standard InChI is InChI=1S/C29H23N7O7/c30-23-24(26(39)25(23)38)32-16-3-1-2-13(8-16)12-31-27(40)19-10-20(36-21(33-19)11-22(37)35-36)28(41)34-18-7-5-14-9-15(29(42)43)4-6-17(14)18/h1-4,6,8-11,18,32H,5,7,12,30H2,(H,31,40)(H,34,41)(H,35,37)(H,42,43)/t18-/m0/s1. The molecule has 1 atom stereocenters. The van der Waals surface area contributed by atoms with Crippen LogP contribution in [0.15, 0.2) is 69.0 Å². The second kappa shape index (κ2) is 10.4. The third-order valence-electron chi connectivity index (χ3n) is 7.30. The van der Waals surface area contributed by atoms with Crippen LogP contribution in [0.2, 0.25) is 0 Å². The van der Waals surface area contributed by atoms with E-state index in [-0.39, 0.29) is 40.5 Å². The van der Waals surface area contributed by atoms with Gasteiger partial charge in [-0.2, -0.15) is 0 Å². The van der Waals surface area contributed by atoms with Crippen molar-refractivity contribution in [2.75, 3.05) is 11.1 Å². The SMILES string of the molecule is Nc1c(Nc2cccc(CNC(=O)c3cc(C(=O)N[C@H]4CCc5cc(C(=O)O)ccc54)n4[nH]c(=O)cc4n3)c2)c(=O)c1=O. The van der Waals surface area contributed by atoms with Gasteiger partial charge in [0.1, 0.15) is 22.8 Å². The van der Waals surface area contributed by atoms with Gasteiger partial charge in [0.15, 0.2) is 5.65 Å². The average Bonchev–Trinajstić information content (AvgIpc) is 3.59. The van der Waals surface area contributed by atoms with Gasteiger partial charge in [-0.05, 0) is 53.8 Å². The van der Waals surface area contributed by atoms with Gasteiger partial charge in [-0.3, -0.25) is 29.1 Å². The molecular weight excluding hydrogens is 558 g/mol. The summed E-state index contributed by atoms with van der Waals surface area (Å²) < 4.78 is 1.19. The molecule has 5 aromatic rings. The first-order chi connectivity index (χ1) is 20.6. The molecule has 0 saturated carbocycles. The van der Waals surface area contributed by atoms with Crippen LogP contribution < -0.4 is 38.1 Å². The van der Waals surface area contributed by atoms with E-state index in [1.807, 2.05) is 0 Å².